The molecule has 5 nitrogen and oxygen atoms in total. The molecule has 2 atom stereocenters. The van der Waals surface area contributed by atoms with Crippen LogP contribution in [0.4, 0.5) is 0 Å². The molecule has 1 aromatic carbocycles. The first kappa shape index (κ1) is 16.7. The number of carbonyl (C=O) groups excluding carboxylic acids is 1. The second kappa shape index (κ2) is 8.13. The topological polar surface area (TPSA) is 54.0 Å². The minimum Gasteiger partial charge on any atom is -0.491 e. The highest BCUT2D eigenvalue weighted by Gasteiger charge is 2.19. The molecule has 0 aliphatic carbocycles. The van der Waals surface area contributed by atoms with Crippen LogP contribution >= 0.6 is 15.9 Å². The number of hydrogen-bond acceptors (Lipinski definition) is 5. The number of esters is 1. The average Bonchev–Trinajstić information content (AvgIpc) is 3.23. The van der Waals surface area contributed by atoms with Crippen molar-refractivity contribution in [2.24, 2.45) is 0 Å². The van der Waals surface area contributed by atoms with Gasteiger partial charge in [-0.15, -0.1) is 0 Å². The Labute approximate surface area is 144 Å². The maximum Gasteiger partial charge on any atom is 0.338 e. The molecule has 1 aromatic rings. The largest absolute Gasteiger partial charge is 0.491 e. The van der Waals surface area contributed by atoms with Crippen molar-refractivity contribution in [3.63, 3.8) is 0 Å². The summed E-state index contributed by atoms with van der Waals surface area (Å²) >= 11 is 3.41. The number of rotatable bonds is 6. The molecule has 3 rings (SSSR count). The van der Waals surface area contributed by atoms with E-state index in [0.29, 0.717) is 24.5 Å². The molecule has 2 fully saturated rings. The maximum absolute atomic E-state index is 12.2. The van der Waals surface area contributed by atoms with Crippen LogP contribution in [-0.4, -0.2) is 44.6 Å². The Morgan fingerprint density at radius 3 is 2.43 bits per heavy atom. The van der Waals surface area contributed by atoms with Gasteiger partial charge in [-0.25, -0.2) is 4.79 Å². The number of hydrogen-bond donors (Lipinski definition) is 0. The molecule has 0 radical (unpaired) electrons. The summed E-state index contributed by atoms with van der Waals surface area (Å²) in [6, 6.07) is 5.28. The lowest BCUT2D eigenvalue weighted by atomic mass is 10.2. The quantitative estimate of drug-likeness (QED) is 0.703. The van der Waals surface area contributed by atoms with Crippen molar-refractivity contribution in [2.75, 3.05) is 26.4 Å². The summed E-state index contributed by atoms with van der Waals surface area (Å²) in [4.78, 5) is 12.2. The second-order valence-corrected chi connectivity index (χ2v) is 6.77. The van der Waals surface area contributed by atoms with Crippen LogP contribution in [0.15, 0.2) is 22.7 Å². The molecule has 0 bridgehead atoms. The van der Waals surface area contributed by atoms with Gasteiger partial charge in [0.1, 0.15) is 19.0 Å². The van der Waals surface area contributed by atoms with E-state index in [0.717, 1.165) is 43.4 Å². The fraction of sp³-hybridized carbons (Fsp3) is 0.588. The van der Waals surface area contributed by atoms with Gasteiger partial charge in [0.2, 0.25) is 0 Å². The van der Waals surface area contributed by atoms with Gasteiger partial charge in [0, 0.05) is 17.7 Å². The van der Waals surface area contributed by atoms with Crippen molar-refractivity contribution >= 4 is 21.9 Å². The van der Waals surface area contributed by atoms with E-state index >= 15 is 0 Å². The minimum atomic E-state index is -0.358. The molecule has 126 valence electrons. The van der Waals surface area contributed by atoms with Crippen molar-refractivity contribution in [3.8, 4) is 5.75 Å². The first-order valence-corrected chi connectivity index (χ1v) is 8.84. The van der Waals surface area contributed by atoms with Gasteiger partial charge in [0.15, 0.2) is 0 Å². The normalized spacial score (nSPS) is 23.9. The Bertz CT molecular complexity index is 536. The molecule has 23 heavy (non-hydrogen) atoms. The standard InChI is InChI=1S/C17H21BrO5/c18-13-7-12(17(19)23-11-15-4-2-6-21-15)8-16(9-13)22-10-14-3-1-5-20-14/h7-9,14-15H,1-6,10-11H2/t14-,15-/m1/s1. The summed E-state index contributed by atoms with van der Waals surface area (Å²) in [5.74, 6) is 0.280. The first-order chi connectivity index (χ1) is 11.2. The van der Waals surface area contributed by atoms with Crippen LogP contribution in [0.25, 0.3) is 0 Å². The zero-order valence-electron chi connectivity index (χ0n) is 13.0. The average molecular weight is 385 g/mol. The predicted molar refractivity (Wildman–Crippen MR) is 87.9 cm³/mol. The highest BCUT2D eigenvalue weighted by atomic mass is 79.9. The number of ether oxygens (including phenoxy) is 4. The lowest BCUT2D eigenvalue weighted by molar-refractivity contribution is 0.0161. The molecule has 0 saturated carbocycles. The fourth-order valence-electron chi connectivity index (χ4n) is 2.76. The van der Waals surface area contributed by atoms with Crippen molar-refractivity contribution < 1.29 is 23.7 Å². The van der Waals surface area contributed by atoms with Crippen molar-refractivity contribution in [1.29, 1.82) is 0 Å². The number of halogens is 1. The third kappa shape index (κ3) is 4.93. The van der Waals surface area contributed by atoms with E-state index in [-0.39, 0.29) is 18.2 Å². The summed E-state index contributed by atoms with van der Waals surface area (Å²) in [6.07, 6.45) is 4.24. The summed E-state index contributed by atoms with van der Waals surface area (Å²) in [5, 5.41) is 0. The van der Waals surface area contributed by atoms with Gasteiger partial charge in [-0.2, -0.15) is 0 Å². The van der Waals surface area contributed by atoms with Gasteiger partial charge in [0.25, 0.3) is 0 Å². The maximum atomic E-state index is 12.2. The van der Waals surface area contributed by atoms with Gasteiger partial charge in [-0.05, 0) is 43.9 Å². The lowest BCUT2D eigenvalue weighted by Crippen LogP contribution is -2.18. The van der Waals surface area contributed by atoms with Gasteiger partial charge >= 0.3 is 5.97 Å². The Hall–Kier alpha value is -1.11. The van der Waals surface area contributed by atoms with E-state index in [4.69, 9.17) is 18.9 Å². The predicted octanol–water partition coefficient (Wildman–Crippen LogP) is 3.34. The van der Waals surface area contributed by atoms with Crippen LogP contribution in [0.2, 0.25) is 0 Å². The summed E-state index contributed by atoms with van der Waals surface area (Å²) < 4.78 is 22.9. The molecule has 0 spiro atoms. The molecule has 0 unspecified atom stereocenters. The van der Waals surface area contributed by atoms with Crippen LogP contribution in [-0.2, 0) is 14.2 Å². The number of benzene rings is 1. The van der Waals surface area contributed by atoms with Gasteiger partial charge < -0.3 is 18.9 Å². The molecular formula is C17H21BrO5. The highest BCUT2D eigenvalue weighted by molar-refractivity contribution is 9.10. The molecule has 2 heterocycles. The SMILES string of the molecule is O=C(OC[C@H]1CCCO1)c1cc(Br)cc(OC[C@H]2CCCO2)c1. The summed E-state index contributed by atoms with van der Waals surface area (Å²) in [6.45, 7) is 2.35. The van der Waals surface area contributed by atoms with E-state index in [1.165, 1.54) is 0 Å². The Morgan fingerprint density at radius 1 is 1.09 bits per heavy atom. The minimum absolute atomic E-state index is 0.0290. The zero-order valence-corrected chi connectivity index (χ0v) is 14.5. The monoisotopic (exact) mass is 384 g/mol. The molecule has 0 aromatic heterocycles. The summed E-state index contributed by atoms with van der Waals surface area (Å²) in [7, 11) is 0. The van der Waals surface area contributed by atoms with Crippen molar-refractivity contribution in [1.82, 2.24) is 0 Å². The molecule has 2 aliphatic rings. The van der Waals surface area contributed by atoms with Crippen LogP contribution < -0.4 is 4.74 Å². The first-order valence-electron chi connectivity index (χ1n) is 8.04. The fourth-order valence-corrected chi connectivity index (χ4v) is 3.23. The lowest BCUT2D eigenvalue weighted by Gasteiger charge is -2.13. The van der Waals surface area contributed by atoms with Gasteiger partial charge in [0.05, 0.1) is 17.8 Å². The summed E-state index contributed by atoms with van der Waals surface area (Å²) in [5.41, 5.74) is 0.472. The Balaban J connectivity index is 1.56. The van der Waals surface area contributed by atoms with Crippen molar-refractivity contribution in [3.05, 3.63) is 28.2 Å². The Kier molecular flexibility index (Phi) is 5.91. The van der Waals surface area contributed by atoms with Crippen LogP contribution in [0.1, 0.15) is 36.0 Å². The molecule has 0 amide bonds. The van der Waals surface area contributed by atoms with Crippen LogP contribution in [0, 0.1) is 0 Å². The van der Waals surface area contributed by atoms with E-state index in [2.05, 4.69) is 15.9 Å². The third-order valence-electron chi connectivity index (χ3n) is 3.99. The molecular weight excluding hydrogens is 364 g/mol. The third-order valence-corrected chi connectivity index (χ3v) is 4.45. The highest BCUT2D eigenvalue weighted by Crippen LogP contribution is 2.24. The van der Waals surface area contributed by atoms with Crippen LogP contribution in [0.3, 0.4) is 0 Å². The van der Waals surface area contributed by atoms with Crippen molar-refractivity contribution in [2.45, 2.75) is 37.9 Å². The molecule has 2 aliphatic heterocycles. The van der Waals surface area contributed by atoms with E-state index in [9.17, 15) is 4.79 Å². The van der Waals surface area contributed by atoms with E-state index in [1.54, 1.807) is 12.1 Å². The molecule has 0 N–H and O–H groups in total. The van der Waals surface area contributed by atoms with E-state index < -0.39 is 0 Å². The van der Waals surface area contributed by atoms with E-state index in [1.807, 2.05) is 6.07 Å². The smallest absolute Gasteiger partial charge is 0.338 e. The van der Waals surface area contributed by atoms with Crippen LogP contribution in [0.5, 0.6) is 5.75 Å². The zero-order chi connectivity index (χ0) is 16.1. The number of carbonyl (C=O) groups is 1. The van der Waals surface area contributed by atoms with Gasteiger partial charge in [-0.3, -0.25) is 0 Å². The molecule has 6 heteroatoms. The second-order valence-electron chi connectivity index (χ2n) is 5.86. The Morgan fingerprint density at radius 2 is 1.78 bits per heavy atom. The van der Waals surface area contributed by atoms with Gasteiger partial charge in [-0.1, -0.05) is 15.9 Å². The molecule has 2 saturated heterocycles.